The molecule has 0 amide bonds. The molecule has 1 aromatic rings. The maximum Gasteiger partial charge on any atom is 0.387 e. The van der Waals surface area contributed by atoms with Gasteiger partial charge in [0, 0.05) is 0 Å². The van der Waals surface area contributed by atoms with E-state index in [1.54, 1.807) is 0 Å². The third-order valence-electron chi connectivity index (χ3n) is 2.87. The van der Waals surface area contributed by atoms with Gasteiger partial charge in [-0.15, -0.1) is 0 Å². The fourth-order valence-electron chi connectivity index (χ4n) is 1.74. The van der Waals surface area contributed by atoms with Crippen LogP contribution >= 0.6 is 0 Å². The Morgan fingerprint density at radius 3 is 2.52 bits per heavy atom. The molecule has 23 heavy (non-hydrogen) atoms. The Morgan fingerprint density at radius 1 is 1.39 bits per heavy atom. The molecule has 0 aromatic heterocycles. The SMILES string of the molecule is CCCC[C@H](NS(=O)(=O)c1ccc(OC(F)F)c(F)c1)C(=O)O. The second-order valence-corrected chi connectivity index (χ2v) is 6.34. The van der Waals surface area contributed by atoms with Gasteiger partial charge in [0.2, 0.25) is 10.0 Å². The van der Waals surface area contributed by atoms with Gasteiger partial charge in [0.25, 0.3) is 0 Å². The molecule has 0 heterocycles. The maximum atomic E-state index is 13.6. The summed E-state index contributed by atoms with van der Waals surface area (Å²) in [4.78, 5) is 10.5. The normalized spacial score (nSPS) is 13.1. The number of halogens is 3. The summed E-state index contributed by atoms with van der Waals surface area (Å²) in [7, 11) is -4.32. The Hall–Kier alpha value is -1.81. The molecule has 2 N–H and O–H groups in total. The van der Waals surface area contributed by atoms with E-state index < -0.39 is 45.1 Å². The topological polar surface area (TPSA) is 92.7 Å². The average molecular weight is 355 g/mol. The van der Waals surface area contributed by atoms with E-state index >= 15 is 0 Å². The number of carbonyl (C=O) groups is 1. The van der Waals surface area contributed by atoms with Gasteiger partial charge in [-0.2, -0.15) is 13.5 Å². The third kappa shape index (κ3) is 5.71. The molecule has 1 rings (SSSR count). The number of aliphatic carboxylic acids is 1. The molecule has 1 atom stereocenters. The van der Waals surface area contributed by atoms with Crippen LogP contribution in [-0.2, 0) is 14.8 Å². The van der Waals surface area contributed by atoms with E-state index in [1.807, 2.05) is 11.6 Å². The molecular formula is C13H16F3NO5S. The third-order valence-corrected chi connectivity index (χ3v) is 4.34. The van der Waals surface area contributed by atoms with E-state index in [2.05, 4.69) is 4.74 Å². The molecule has 0 aliphatic carbocycles. The zero-order valence-corrected chi connectivity index (χ0v) is 12.9. The number of hydrogen-bond acceptors (Lipinski definition) is 4. The minimum absolute atomic E-state index is 0.0696. The van der Waals surface area contributed by atoms with Crippen LogP contribution in [0.1, 0.15) is 26.2 Å². The van der Waals surface area contributed by atoms with Crippen LogP contribution in [0.15, 0.2) is 23.1 Å². The molecule has 0 saturated heterocycles. The molecule has 10 heteroatoms. The predicted octanol–water partition coefficient (Wildman–Crippen LogP) is 2.35. The van der Waals surface area contributed by atoms with Gasteiger partial charge in [0.15, 0.2) is 11.6 Å². The average Bonchev–Trinajstić information content (AvgIpc) is 2.44. The highest BCUT2D eigenvalue weighted by atomic mass is 32.2. The van der Waals surface area contributed by atoms with E-state index in [0.29, 0.717) is 18.9 Å². The summed E-state index contributed by atoms with van der Waals surface area (Å²) in [5.74, 6) is -3.46. The van der Waals surface area contributed by atoms with Crippen molar-refractivity contribution in [2.75, 3.05) is 0 Å². The molecule has 0 unspecified atom stereocenters. The number of benzene rings is 1. The van der Waals surface area contributed by atoms with Crippen LogP contribution in [0.2, 0.25) is 0 Å². The molecule has 0 saturated carbocycles. The van der Waals surface area contributed by atoms with Gasteiger partial charge in [-0.05, 0) is 24.6 Å². The number of nitrogens with one attached hydrogen (secondary N) is 1. The smallest absolute Gasteiger partial charge is 0.387 e. The van der Waals surface area contributed by atoms with Crippen LogP contribution < -0.4 is 9.46 Å². The Kier molecular flexibility index (Phi) is 6.82. The summed E-state index contributed by atoms with van der Waals surface area (Å²) in [6, 6.07) is 0.707. The summed E-state index contributed by atoms with van der Waals surface area (Å²) in [6.45, 7) is -1.44. The lowest BCUT2D eigenvalue weighted by Crippen LogP contribution is -2.40. The number of hydrogen-bond donors (Lipinski definition) is 2. The Bertz CT molecular complexity index is 651. The molecule has 1 aromatic carbocycles. The first-order chi connectivity index (χ1) is 10.7. The maximum absolute atomic E-state index is 13.6. The minimum Gasteiger partial charge on any atom is -0.480 e. The first-order valence-electron chi connectivity index (χ1n) is 6.67. The highest BCUT2D eigenvalue weighted by molar-refractivity contribution is 7.89. The van der Waals surface area contributed by atoms with Crippen molar-refractivity contribution in [3.63, 3.8) is 0 Å². The zero-order valence-electron chi connectivity index (χ0n) is 12.1. The second kappa shape index (κ2) is 8.16. The van der Waals surface area contributed by atoms with Crippen molar-refractivity contribution >= 4 is 16.0 Å². The Balaban J connectivity index is 2.99. The number of ether oxygens (including phenoxy) is 1. The molecule has 0 aliphatic heterocycles. The van der Waals surface area contributed by atoms with E-state index in [4.69, 9.17) is 5.11 Å². The van der Waals surface area contributed by atoms with Gasteiger partial charge in [-0.1, -0.05) is 19.8 Å². The van der Waals surface area contributed by atoms with Gasteiger partial charge in [0.1, 0.15) is 6.04 Å². The van der Waals surface area contributed by atoms with Crippen molar-refractivity contribution in [3.8, 4) is 5.75 Å². The van der Waals surface area contributed by atoms with E-state index in [9.17, 15) is 26.4 Å². The molecular weight excluding hydrogens is 339 g/mol. The lowest BCUT2D eigenvalue weighted by molar-refractivity contribution is -0.139. The Labute approximate surface area is 131 Å². The van der Waals surface area contributed by atoms with Crippen LogP contribution in [0.5, 0.6) is 5.75 Å². The number of sulfonamides is 1. The van der Waals surface area contributed by atoms with E-state index in [0.717, 1.165) is 12.1 Å². The summed E-state index contributed by atoms with van der Waals surface area (Å²) in [6.07, 6.45) is 1.22. The number of rotatable bonds is 9. The van der Waals surface area contributed by atoms with Crippen LogP contribution in [0.25, 0.3) is 0 Å². The fraction of sp³-hybridized carbons (Fsp3) is 0.462. The van der Waals surface area contributed by atoms with Crippen LogP contribution in [-0.4, -0.2) is 32.1 Å². The van der Waals surface area contributed by atoms with Crippen LogP contribution in [0.4, 0.5) is 13.2 Å². The van der Waals surface area contributed by atoms with Gasteiger partial charge < -0.3 is 9.84 Å². The number of unbranched alkanes of at least 4 members (excludes halogenated alkanes) is 1. The number of alkyl halides is 2. The van der Waals surface area contributed by atoms with Crippen molar-refractivity contribution in [1.29, 1.82) is 0 Å². The van der Waals surface area contributed by atoms with Crippen molar-refractivity contribution in [2.45, 2.75) is 43.7 Å². The summed E-state index contributed by atoms with van der Waals surface area (Å²) in [5.41, 5.74) is 0. The largest absolute Gasteiger partial charge is 0.480 e. The molecule has 0 fully saturated rings. The molecule has 0 spiro atoms. The molecule has 0 bridgehead atoms. The van der Waals surface area contributed by atoms with Crippen molar-refractivity contribution in [1.82, 2.24) is 4.72 Å². The summed E-state index contributed by atoms with van der Waals surface area (Å²) in [5, 5.41) is 9.00. The molecule has 6 nitrogen and oxygen atoms in total. The summed E-state index contributed by atoms with van der Waals surface area (Å²) < 4.78 is 67.6. The molecule has 0 radical (unpaired) electrons. The highest BCUT2D eigenvalue weighted by Gasteiger charge is 2.26. The van der Waals surface area contributed by atoms with E-state index in [1.165, 1.54) is 0 Å². The van der Waals surface area contributed by atoms with Gasteiger partial charge in [-0.3, -0.25) is 4.79 Å². The predicted molar refractivity (Wildman–Crippen MR) is 74.3 cm³/mol. The molecule has 0 aliphatic rings. The zero-order chi connectivity index (χ0) is 17.6. The number of carboxylic acid groups (broad SMARTS) is 1. The van der Waals surface area contributed by atoms with Gasteiger partial charge in [-0.25, -0.2) is 12.8 Å². The number of carboxylic acids is 1. The first-order valence-corrected chi connectivity index (χ1v) is 8.15. The Morgan fingerprint density at radius 2 is 2.04 bits per heavy atom. The first kappa shape index (κ1) is 19.2. The van der Waals surface area contributed by atoms with Crippen molar-refractivity contribution < 1.29 is 36.2 Å². The van der Waals surface area contributed by atoms with Crippen molar-refractivity contribution in [2.24, 2.45) is 0 Å². The van der Waals surface area contributed by atoms with E-state index in [-0.39, 0.29) is 6.42 Å². The lowest BCUT2D eigenvalue weighted by Gasteiger charge is -2.15. The highest BCUT2D eigenvalue weighted by Crippen LogP contribution is 2.23. The second-order valence-electron chi connectivity index (χ2n) is 4.63. The lowest BCUT2D eigenvalue weighted by atomic mass is 10.1. The quantitative estimate of drug-likeness (QED) is 0.709. The standard InChI is InChI=1S/C13H16F3NO5S/c1-2-3-4-10(12(18)19)17-23(20,21)8-5-6-11(9(14)7-8)22-13(15)16/h5-7,10,13,17H,2-4H2,1H3,(H,18,19)/t10-/m0/s1. The monoisotopic (exact) mass is 355 g/mol. The summed E-state index contributed by atoms with van der Waals surface area (Å²) >= 11 is 0. The fourth-order valence-corrected chi connectivity index (χ4v) is 2.97. The van der Waals surface area contributed by atoms with Crippen LogP contribution in [0.3, 0.4) is 0 Å². The minimum atomic E-state index is -4.32. The molecule has 130 valence electrons. The van der Waals surface area contributed by atoms with Crippen molar-refractivity contribution in [3.05, 3.63) is 24.0 Å². The van der Waals surface area contributed by atoms with Gasteiger partial charge in [0.05, 0.1) is 4.90 Å². The van der Waals surface area contributed by atoms with Crippen LogP contribution in [0, 0.1) is 5.82 Å². The van der Waals surface area contributed by atoms with Gasteiger partial charge >= 0.3 is 12.6 Å².